The number of rotatable bonds is 7. The van der Waals surface area contributed by atoms with Crippen LogP contribution in [0.1, 0.15) is 38.4 Å². The highest BCUT2D eigenvalue weighted by Crippen LogP contribution is 2.36. The maximum atomic E-state index is 13.4. The molecule has 3 aromatic rings. The highest BCUT2D eigenvalue weighted by Gasteiger charge is 2.32. The van der Waals surface area contributed by atoms with Gasteiger partial charge in [0.25, 0.3) is 5.69 Å². The standard InChI is InChI=1S/C22H27N5O4S/c1-3-26(4-2)32(30,31)21-14-17(27(28)29)11-12-20(21)25-13-7-8-16(15-25)22-23-18-9-5-6-10-19(18)24-22/h5-6,9-12,14,16H,3-4,7-8,13,15H2,1-2H3,(H,23,24). The zero-order valence-electron chi connectivity index (χ0n) is 18.2. The van der Waals surface area contributed by atoms with Crippen molar-refractivity contribution in [2.75, 3.05) is 31.1 Å². The fourth-order valence-electron chi connectivity index (χ4n) is 4.37. The van der Waals surface area contributed by atoms with E-state index in [9.17, 15) is 18.5 Å². The van der Waals surface area contributed by atoms with E-state index >= 15 is 0 Å². The van der Waals surface area contributed by atoms with Crippen molar-refractivity contribution in [2.24, 2.45) is 0 Å². The number of hydrogen-bond donors (Lipinski definition) is 1. The number of nitro benzene ring substituents is 1. The van der Waals surface area contributed by atoms with Gasteiger partial charge in [-0.15, -0.1) is 0 Å². The third-order valence-electron chi connectivity index (χ3n) is 6.03. The molecule has 1 unspecified atom stereocenters. The molecule has 0 radical (unpaired) electrons. The molecule has 32 heavy (non-hydrogen) atoms. The summed E-state index contributed by atoms with van der Waals surface area (Å²) in [5.74, 6) is 0.987. The van der Waals surface area contributed by atoms with E-state index in [1.165, 1.54) is 16.4 Å². The number of nitrogens with one attached hydrogen (secondary N) is 1. The van der Waals surface area contributed by atoms with Crippen molar-refractivity contribution in [1.29, 1.82) is 0 Å². The van der Waals surface area contributed by atoms with Crippen LogP contribution in [-0.2, 0) is 10.0 Å². The molecule has 1 aliphatic rings. The monoisotopic (exact) mass is 457 g/mol. The lowest BCUT2D eigenvalue weighted by molar-refractivity contribution is -0.385. The Morgan fingerprint density at radius 3 is 2.66 bits per heavy atom. The summed E-state index contributed by atoms with van der Waals surface area (Å²) >= 11 is 0. The van der Waals surface area contributed by atoms with Gasteiger partial charge >= 0.3 is 0 Å². The van der Waals surface area contributed by atoms with E-state index in [2.05, 4.69) is 4.98 Å². The molecular formula is C22H27N5O4S. The summed E-state index contributed by atoms with van der Waals surface area (Å²) in [6.07, 6.45) is 1.80. The Hall–Kier alpha value is -2.98. The Morgan fingerprint density at radius 1 is 1.22 bits per heavy atom. The second-order valence-electron chi connectivity index (χ2n) is 7.92. The predicted octanol–water partition coefficient (Wildman–Crippen LogP) is 3.89. The molecule has 0 saturated carbocycles. The van der Waals surface area contributed by atoms with Crippen LogP contribution in [0.2, 0.25) is 0 Å². The molecule has 1 aromatic heterocycles. The number of imidazole rings is 1. The SMILES string of the molecule is CCN(CC)S(=O)(=O)c1cc([N+](=O)[O-])ccc1N1CCCC(c2nc3ccccc3[nH]2)C1. The molecule has 0 aliphatic carbocycles. The lowest BCUT2D eigenvalue weighted by Crippen LogP contribution is -2.37. The molecule has 0 bridgehead atoms. The number of sulfonamides is 1. The first-order valence-electron chi connectivity index (χ1n) is 10.8. The predicted molar refractivity (Wildman–Crippen MR) is 123 cm³/mol. The third-order valence-corrected chi connectivity index (χ3v) is 8.11. The molecule has 1 aliphatic heterocycles. The van der Waals surface area contributed by atoms with E-state index in [-0.39, 0.29) is 16.5 Å². The Labute approximate surface area is 187 Å². The van der Waals surface area contributed by atoms with Crippen molar-refractivity contribution in [3.05, 3.63) is 58.4 Å². The van der Waals surface area contributed by atoms with Gasteiger partial charge < -0.3 is 9.88 Å². The average molecular weight is 458 g/mol. The Morgan fingerprint density at radius 2 is 1.97 bits per heavy atom. The maximum Gasteiger partial charge on any atom is 0.270 e. The molecule has 1 fully saturated rings. The molecule has 10 heteroatoms. The van der Waals surface area contributed by atoms with Crippen LogP contribution in [0.25, 0.3) is 11.0 Å². The van der Waals surface area contributed by atoms with Gasteiger partial charge in [0, 0.05) is 44.2 Å². The first-order chi connectivity index (χ1) is 15.3. The minimum atomic E-state index is -3.88. The number of aromatic nitrogens is 2. The molecular weight excluding hydrogens is 430 g/mol. The maximum absolute atomic E-state index is 13.4. The normalized spacial score (nSPS) is 17.2. The first-order valence-corrected chi connectivity index (χ1v) is 12.3. The van der Waals surface area contributed by atoms with Crippen LogP contribution in [0.4, 0.5) is 11.4 Å². The van der Waals surface area contributed by atoms with Crippen LogP contribution in [0, 0.1) is 10.1 Å². The van der Waals surface area contributed by atoms with Gasteiger partial charge in [0.1, 0.15) is 10.7 Å². The fraction of sp³-hybridized carbons (Fsp3) is 0.409. The fourth-order valence-corrected chi connectivity index (χ4v) is 6.06. The van der Waals surface area contributed by atoms with Gasteiger partial charge in [0.2, 0.25) is 10.0 Å². The van der Waals surface area contributed by atoms with Crippen molar-refractivity contribution in [3.63, 3.8) is 0 Å². The van der Waals surface area contributed by atoms with Gasteiger partial charge in [-0.05, 0) is 31.0 Å². The minimum absolute atomic E-state index is 0.0133. The second kappa shape index (κ2) is 8.87. The summed E-state index contributed by atoms with van der Waals surface area (Å²) in [4.78, 5) is 20.9. The van der Waals surface area contributed by atoms with Crippen molar-refractivity contribution in [1.82, 2.24) is 14.3 Å². The smallest absolute Gasteiger partial charge is 0.270 e. The highest BCUT2D eigenvalue weighted by molar-refractivity contribution is 7.89. The van der Waals surface area contributed by atoms with Gasteiger partial charge in [-0.3, -0.25) is 10.1 Å². The van der Waals surface area contributed by atoms with Crippen molar-refractivity contribution >= 4 is 32.4 Å². The number of nitro groups is 1. The van der Waals surface area contributed by atoms with E-state index in [1.54, 1.807) is 19.9 Å². The Kier molecular flexibility index (Phi) is 6.16. The van der Waals surface area contributed by atoms with Crippen molar-refractivity contribution in [3.8, 4) is 0 Å². The van der Waals surface area contributed by atoms with Crippen molar-refractivity contribution in [2.45, 2.75) is 37.5 Å². The lowest BCUT2D eigenvalue weighted by Gasteiger charge is -2.35. The molecule has 1 N–H and O–H groups in total. The summed E-state index contributed by atoms with van der Waals surface area (Å²) in [5, 5.41) is 11.4. The summed E-state index contributed by atoms with van der Waals surface area (Å²) < 4.78 is 28.0. The highest BCUT2D eigenvalue weighted by atomic mass is 32.2. The van der Waals surface area contributed by atoms with Gasteiger partial charge in [0.15, 0.2) is 0 Å². The molecule has 0 spiro atoms. The zero-order valence-corrected chi connectivity index (χ0v) is 19.0. The summed E-state index contributed by atoms with van der Waals surface area (Å²) in [6.45, 7) is 5.37. The van der Waals surface area contributed by atoms with Gasteiger partial charge in [-0.25, -0.2) is 13.4 Å². The van der Waals surface area contributed by atoms with E-state index in [0.29, 0.717) is 31.9 Å². The number of benzene rings is 2. The van der Waals surface area contributed by atoms with Gasteiger partial charge in [-0.2, -0.15) is 4.31 Å². The van der Waals surface area contributed by atoms with Crippen LogP contribution in [-0.4, -0.2) is 53.8 Å². The van der Waals surface area contributed by atoms with E-state index in [0.717, 1.165) is 29.7 Å². The quantitative estimate of drug-likeness (QED) is 0.425. The molecule has 170 valence electrons. The molecule has 0 amide bonds. The molecule has 9 nitrogen and oxygen atoms in total. The number of fused-ring (bicyclic) bond motifs is 1. The van der Waals surface area contributed by atoms with E-state index in [4.69, 9.17) is 4.98 Å². The molecule has 1 atom stereocenters. The minimum Gasteiger partial charge on any atom is -0.370 e. The Balaban J connectivity index is 1.72. The van der Waals surface area contributed by atoms with Crippen LogP contribution >= 0.6 is 0 Å². The molecule has 2 aromatic carbocycles. The Bertz CT molecular complexity index is 1200. The second-order valence-corrected chi connectivity index (χ2v) is 9.83. The summed E-state index contributed by atoms with van der Waals surface area (Å²) in [5.41, 5.74) is 2.15. The number of para-hydroxylation sites is 2. The number of anilines is 1. The summed E-state index contributed by atoms with van der Waals surface area (Å²) in [7, 11) is -3.88. The third kappa shape index (κ3) is 4.07. The van der Waals surface area contributed by atoms with Crippen LogP contribution < -0.4 is 4.90 Å². The number of non-ortho nitro benzene ring substituents is 1. The number of piperidine rings is 1. The summed E-state index contributed by atoms with van der Waals surface area (Å²) in [6, 6.07) is 12.0. The zero-order chi connectivity index (χ0) is 22.9. The van der Waals surface area contributed by atoms with Crippen molar-refractivity contribution < 1.29 is 13.3 Å². The average Bonchev–Trinajstić information content (AvgIpc) is 3.24. The lowest BCUT2D eigenvalue weighted by atomic mass is 9.97. The topological polar surface area (TPSA) is 112 Å². The number of aromatic amines is 1. The first kappa shape index (κ1) is 22.2. The number of nitrogens with zero attached hydrogens (tertiary/aromatic N) is 4. The van der Waals surface area contributed by atoms with Crippen LogP contribution in [0.3, 0.4) is 0 Å². The van der Waals surface area contributed by atoms with E-state index < -0.39 is 14.9 Å². The number of hydrogen-bond acceptors (Lipinski definition) is 6. The molecule has 1 saturated heterocycles. The number of H-pyrrole nitrogens is 1. The molecule has 4 rings (SSSR count). The van der Waals surface area contributed by atoms with Gasteiger partial charge in [-0.1, -0.05) is 26.0 Å². The molecule has 2 heterocycles. The van der Waals surface area contributed by atoms with Crippen LogP contribution in [0.5, 0.6) is 0 Å². The van der Waals surface area contributed by atoms with Gasteiger partial charge in [0.05, 0.1) is 21.6 Å². The van der Waals surface area contributed by atoms with E-state index in [1.807, 2.05) is 29.2 Å². The van der Waals surface area contributed by atoms with Crippen LogP contribution in [0.15, 0.2) is 47.4 Å². The largest absolute Gasteiger partial charge is 0.370 e.